The van der Waals surface area contributed by atoms with Gasteiger partial charge in [0.15, 0.2) is 6.07 Å². The summed E-state index contributed by atoms with van der Waals surface area (Å²) in [6.07, 6.45) is 2.95. The Balaban J connectivity index is 2.80. The molecule has 17 heavy (non-hydrogen) atoms. The molecule has 0 N–H and O–H groups in total. The molecular weight excluding hydrogens is 218 g/mol. The lowest BCUT2D eigenvalue weighted by atomic mass is 10.1. The summed E-state index contributed by atoms with van der Waals surface area (Å²) in [5.74, 6) is 4.91. The van der Waals surface area contributed by atoms with Gasteiger partial charge in [-0.05, 0) is 12.1 Å². The van der Waals surface area contributed by atoms with Crippen molar-refractivity contribution < 1.29 is 4.92 Å². The maximum Gasteiger partial charge on any atom is 0.278 e. The SMILES string of the molecule is N#CC#Cc1ccc([N+](=O)[O-])c2cnccc12. The van der Waals surface area contributed by atoms with Gasteiger partial charge in [0.05, 0.1) is 10.3 Å². The molecule has 2 aromatic rings. The van der Waals surface area contributed by atoms with Crippen molar-refractivity contribution in [1.82, 2.24) is 4.98 Å². The van der Waals surface area contributed by atoms with E-state index in [1.165, 1.54) is 24.5 Å². The molecule has 0 unspecified atom stereocenters. The van der Waals surface area contributed by atoms with Crippen LogP contribution in [0.2, 0.25) is 0 Å². The van der Waals surface area contributed by atoms with E-state index in [4.69, 9.17) is 5.26 Å². The molecule has 1 aromatic carbocycles. The van der Waals surface area contributed by atoms with Crippen molar-refractivity contribution in [3.63, 3.8) is 0 Å². The van der Waals surface area contributed by atoms with Gasteiger partial charge in [0.25, 0.3) is 5.69 Å². The first-order chi connectivity index (χ1) is 8.24. The number of nitriles is 1. The van der Waals surface area contributed by atoms with Gasteiger partial charge in [-0.15, -0.1) is 0 Å². The minimum Gasteiger partial charge on any atom is -0.264 e. The summed E-state index contributed by atoms with van der Waals surface area (Å²) in [6.45, 7) is 0. The van der Waals surface area contributed by atoms with Crippen LogP contribution >= 0.6 is 0 Å². The number of pyridine rings is 1. The number of hydrogen-bond donors (Lipinski definition) is 0. The third kappa shape index (κ3) is 1.90. The molecule has 0 fully saturated rings. The molecule has 5 heteroatoms. The van der Waals surface area contributed by atoms with Gasteiger partial charge in [-0.3, -0.25) is 15.1 Å². The second kappa shape index (κ2) is 4.30. The molecule has 0 aliphatic heterocycles. The number of benzene rings is 1. The van der Waals surface area contributed by atoms with Crippen molar-refractivity contribution in [3.05, 3.63) is 46.3 Å². The van der Waals surface area contributed by atoms with Crippen LogP contribution in [0.25, 0.3) is 10.8 Å². The maximum atomic E-state index is 10.8. The quantitative estimate of drug-likeness (QED) is 0.420. The lowest BCUT2D eigenvalue weighted by Crippen LogP contribution is -1.91. The minimum absolute atomic E-state index is 0.0180. The fourth-order valence-corrected chi connectivity index (χ4v) is 1.54. The predicted molar refractivity (Wildman–Crippen MR) is 60.9 cm³/mol. The molecule has 5 nitrogen and oxygen atoms in total. The number of nitro benzene ring substituents is 1. The van der Waals surface area contributed by atoms with E-state index in [2.05, 4.69) is 16.8 Å². The number of nitrogens with zero attached hydrogens (tertiary/aromatic N) is 3. The smallest absolute Gasteiger partial charge is 0.264 e. The van der Waals surface area contributed by atoms with Crippen molar-refractivity contribution in [3.8, 4) is 17.9 Å². The minimum atomic E-state index is -0.467. The van der Waals surface area contributed by atoms with Crippen LogP contribution in [0.1, 0.15) is 5.56 Å². The third-order valence-electron chi connectivity index (χ3n) is 2.24. The van der Waals surface area contributed by atoms with Crippen molar-refractivity contribution in [1.29, 1.82) is 5.26 Å². The van der Waals surface area contributed by atoms with Gasteiger partial charge in [-0.1, -0.05) is 5.92 Å². The van der Waals surface area contributed by atoms with E-state index < -0.39 is 4.92 Å². The Bertz CT molecular complexity index is 705. The standard InChI is InChI=1S/C12H5N3O2/c13-6-1-2-9-3-4-12(15(16)17)11-8-14-7-5-10(9)11/h3-5,7-8H. The van der Waals surface area contributed by atoms with E-state index in [1.54, 1.807) is 12.1 Å². The van der Waals surface area contributed by atoms with Crippen LogP contribution < -0.4 is 0 Å². The van der Waals surface area contributed by atoms with E-state index >= 15 is 0 Å². The Morgan fingerprint density at radius 1 is 1.29 bits per heavy atom. The fraction of sp³-hybridized carbons (Fsp3) is 0. The van der Waals surface area contributed by atoms with Gasteiger partial charge < -0.3 is 0 Å². The monoisotopic (exact) mass is 223 g/mol. The maximum absolute atomic E-state index is 10.8. The topological polar surface area (TPSA) is 79.8 Å². The first-order valence-corrected chi connectivity index (χ1v) is 4.65. The van der Waals surface area contributed by atoms with Crippen LogP contribution in [0.15, 0.2) is 30.6 Å². The molecule has 1 heterocycles. The third-order valence-corrected chi connectivity index (χ3v) is 2.24. The lowest BCUT2D eigenvalue weighted by molar-refractivity contribution is -0.383. The lowest BCUT2D eigenvalue weighted by Gasteiger charge is -2.00. The normalized spacial score (nSPS) is 9.12. The van der Waals surface area contributed by atoms with E-state index in [9.17, 15) is 10.1 Å². The van der Waals surface area contributed by atoms with E-state index in [-0.39, 0.29) is 5.69 Å². The molecule has 0 spiro atoms. The van der Waals surface area contributed by atoms with Gasteiger partial charge in [-0.2, -0.15) is 5.26 Å². The summed E-state index contributed by atoms with van der Waals surface area (Å²) < 4.78 is 0. The second-order valence-electron chi connectivity index (χ2n) is 3.17. The number of rotatable bonds is 1. The van der Waals surface area contributed by atoms with E-state index in [0.29, 0.717) is 16.3 Å². The second-order valence-corrected chi connectivity index (χ2v) is 3.17. The van der Waals surface area contributed by atoms with Crippen LogP contribution in [0, 0.1) is 33.3 Å². The first-order valence-electron chi connectivity index (χ1n) is 4.65. The highest BCUT2D eigenvalue weighted by atomic mass is 16.6. The van der Waals surface area contributed by atoms with Crippen molar-refractivity contribution in [2.45, 2.75) is 0 Å². The highest BCUT2D eigenvalue weighted by Crippen LogP contribution is 2.26. The highest BCUT2D eigenvalue weighted by Gasteiger charge is 2.13. The molecular formula is C12H5N3O2. The molecule has 2 rings (SSSR count). The van der Waals surface area contributed by atoms with Crippen molar-refractivity contribution in [2.24, 2.45) is 0 Å². The Labute approximate surface area is 96.5 Å². The van der Waals surface area contributed by atoms with Crippen LogP contribution in [0.3, 0.4) is 0 Å². The van der Waals surface area contributed by atoms with Gasteiger partial charge in [0.2, 0.25) is 0 Å². The predicted octanol–water partition coefficient (Wildman–Crippen LogP) is 2.02. The van der Waals surface area contributed by atoms with Crippen molar-refractivity contribution >= 4 is 16.5 Å². The molecule has 1 aromatic heterocycles. The Morgan fingerprint density at radius 2 is 2.12 bits per heavy atom. The van der Waals surface area contributed by atoms with Crippen LogP contribution in [0.5, 0.6) is 0 Å². The number of fused-ring (bicyclic) bond motifs is 1. The summed E-state index contributed by atoms with van der Waals surface area (Å²) in [6, 6.07) is 6.25. The zero-order chi connectivity index (χ0) is 12.3. The molecule has 80 valence electrons. The van der Waals surface area contributed by atoms with Gasteiger partial charge in [-0.25, -0.2) is 0 Å². The number of aromatic nitrogens is 1. The number of nitro groups is 1. The molecule has 0 radical (unpaired) electrons. The zero-order valence-electron chi connectivity index (χ0n) is 8.54. The molecule has 0 bridgehead atoms. The molecule has 0 saturated carbocycles. The Morgan fingerprint density at radius 3 is 2.82 bits per heavy atom. The van der Waals surface area contributed by atoms with Gasteiger partial charge >= 0.3 is 0 Å². The van der Waals surface area contributed by atoms with E-state index in [0.717, 1.165) is 0 Å². The molecule has 0 aliphatic rings. The number of hydrogen-bond acceptors (Lipinski definition) is 4. The van der Waals surface area contributed by atoms with Crippen LogP contribution in [-0.4, -0.2) is 9.91 Å². The Kier molecular flexibility index (Phi) is 2.68. The molecule has 0 aliphatic carbocycles. The van der Waals surface area contributed by atoms with Crippen LogP contribution in [0.4, 0.5) is 5.69 Å². The van der Waals surface area contributed by atoms with Gasteiger partial charge in [0, 0.05) is 35.3 Å². The summed E-state index contributed by atoms with van der Waals surface area (Å²) in [4.78, 5) is 14.2. The van der Waals surface area contributed by atoms with Crippen molar-refractivity contribution in [2.75, 3.05) is 0 Å². The summed E-state index contributed by atoms with van der Waals surface area (Å²) >= 11 is 0. The zero-order valence-corrected chi connectivity index (χ0v) is 8.54. The Hall–Kier alpha value is -2.92. The fourth-order valence-electron chi connectivity index (χ4n) is 1.54. The summed E-state index contributed by atoms with van der Waals surface area (Å²) in [7, 11) is 0. The number of non-ortho nitro benzene ring substituents is 1. The summed E-state index contributed by atoms with van der Waals surface area (Å²) in [5, 5.41) is 20.3. The largest absolute Gasteiger partial charge is 0.278 e. The van der Waals surface area contributed by atoms with Crippen LogP contribution in [-0.2, 0) is 0 Å². The average molecular weight is 223 g/mol. The first kappa shape index (κ1) is 10.6. The van der Waals surface area contributed by atoms with Gasteiger partial charge in [0.1, 0.15) is 0 Å². The molecule has 0 amide bonds. The van der Waals surface area contributed by atoms with E-state index in [1.807, 2.05) is 0 Å². The molecule has 0 atom stereocenters. The summed E-state index contributed by atoms with van der Waals surface area (Å²) in [5.41, 5.74) is 0.560. The average Bonchev–Trinajstić information content (AvgIpc) is 2.35. The molecule has 0 saturated heterocycles. The highest BCUT2D eigenvalue weighted by molar-refractivity contribution is 5.94.